The Morgan fingerprint density at radius 1 is 1.35 bits per heavy atom. The average Bonchev–Trinajstić information content (AvgIpc) is 2.16. The number of hydrogen-bond acceptors (Lipinski definition) is 4. The standard InChI is InChI=1S/C11H15N3O2.ClH/c1-11(2,3)13-12-8-9-6-4-5-7-10(9)14(15)16;/h4-8,13H,1-3H3;1H. The van der Waals surface area contributed by atoms with Crippen LogP contribution < -0.4 is 5.43 Å². The maximum Gasteiger partial charge on any atom is 0.278 e. The summed E-state index contributed by atoms with van der Waals surface area (Å²) in [4.78, 5) is 10.3. The third-order valence-electron chi connectivity index (χ3n) is 1.74. The van der Waals surface area contributed by atoms with Crippen LogP contribution in [0.2, 0.25) is 0 Å². The molecule has 1 rings (SSSR count). The van der Waals surface area contributed by atoms with Crippen LogP contribution in [0.25, 0.3) is 0 Å². The normalized spacial score (nSPS) is 11.0. The molecule has 0 aliphatic heterocycles. The van der Waals surface area contributed by atoms with Gasteiger partial charge in [0.1, 0.15) is 0 Å². The lowest BCUT2D eigenvalue weighted by atomic mass is 10.1. The van der Waals surface area contributed by atoms with Gasteiger partial charge in [-0.25, -0.2) is 0 Å². The van der Waals surface area contributed by atoms with E-state index in [0.29, 0.717) is 5.56 Å². The molecule has 17 heavy (non-hydrogen) atoms. The SMILES string of the molecule is CC(C)(C)NN=Cc1ccccc1[N+](=O)[O-].Cl. The van der Waals surface area contributed by atoms with E-state index in [-0.39, 0.29) is 23.6 Å². The molecule has 5 nitrogen and oxygen atoms in total. The monoisotopic (exact) mass is 257 g/mol. The van der Waals surface area contributed by atoms with Gasteiger partial charge in [0.05, 0.1) is 16.7 Å². The van der Waals surface area contributed by atoms with Crippen molar-refractivity contribution >= 4 is 24.3 Å². The van der Waals surface area contributed by atoms with E-state index in [1.807, 2.05) is 20.8 Å². The van der Waals surface area contributed by atoms with Crippen LogP contribution in [0.15, 0.2) is 29.4 Å². The molecule has 0 heterocycles. The van der Waals surface area contributed by atoms with E-state index in [4.69, 9.17) is 0 Å². The Morgan fingerprint density at radius 2 is 1.94 bits per heavy atom. The summed E-state index contributed by atoms with van der Waals surface area (Å²) in [6.45, 7) is 5.89. The molecular formula is C11H16ClN3O2. The third-order valence-corrected chi connectivity index (χ3v) is 1.74. The zero-order valence-electron chi connectivity index (χ0n) is 10.0. The highest BCUT2D eigenvalue weighted by Crippen LogP contribution is 2.15. The molecule has 0 aliphatic rings. The van der Waals surface area contributed by atoms with Crippen LogP contribution in [0.4, 0.5) is 5.69 Å². The third kappa shape index (κ3) is 5.31. The summed E-state index contributed by atoms with van der Waals surface area (Å²) in [6, 6.07) is 6.49. The van der Waals surface area contributed by atoms with Gasteiger partial charge in [0.15, 0.2) is 0 Å². The Hall–Kier alpha value is -1.62. The molecule has 0 spiro atoms. The van der Waals surface area contributed by atoms with Crippen molar-refractivity contribution in [3.8, 4) is 0 Å². The van der Waals surface area contributed by atoms with Crippen molar-refractivity contribution in [2.75, 3.05) is 0 Å². The maximum atomic E-state index is 10.7. The number of hydrogen-bond donors (Lipinski definition) is 1. The Kier molecular flexibility index (Phi) is 5.61. The van der Waals surface area contributed by atoms with Gasteiger partial charge in [0.25, 0.3) is 5.69 Å². The Morgan fingerprint density at radius 3 is 2.47 bits per heavy atom. The van der Waals surface area contributed by atoms with E-state index in [1.54, 1.807) is 18.2 Å². The molecule has 0 radical (unpaired) electrons. The molecule has 0 saturated heterocycles. The largest absolute Gasteiger partial charge is 0.305 e. The zero-order valence-corrected chi connectivity index (χ0v) is 10.8. The predicted molar refractivity (Wildman–Crippen MR) is 70.8 cm³/mol. The van der Waals surface area contributed by atoms with E-state index < -0.39 is 4.92 Å². The molecule has 1 aromatic rings. The average molecular weight is 258 g/mol. The van der Waals surface area contributed by atoms with Gasteiger partial charge in [-0.3, -0.25) is 10.1 Å². The highest BCUT2D eigenvalue weighted by molar-refractivity contribution is 5.85. The molecule has 6 heteroatoms. The molecule has 1 aromatic carbocycles. The van der Waals surface area contributed by atoms with E-state index in [2.05, 4.69) is 10.5 Å². The van der Waals surface area contributed by atoms with Gasteiger partial charge in [-0.1, -0.05) is 12.1 Å². The first kappa shape index (κ1) is 15.4. The van der Waals surface area contributed by atoms with Gasteiger partial charge < -0.3 is 5.43 Å². The molecule has 1 N–H and O–H groups in total. The highest BCUT2D eigenvalue weighted by Gasteiger charge is 2.10. The number of nitro groups is 1. The fourth-order valence-electron chi connectivity index (χ4n) is 1.06. The van der Waals surface area contributed by atoms with E-state index >= 15 is 0 Å². The fourth-order valence-corrected chi connectivity index (χ4v) is 1.06. The number of halogens is 1. The smallest absolute Gasteiger partial charge is 0.278 e. The minimum absolute atomic E-state index is 0. The van der Waals surface area contributed by atoms with Gasteiger partial charge in [-0.15, -0.1) is 12.4 Å². The Balaban J connectivity index is 0.00000256. The zero-order chi connectivity index (χ0) is 12.2. The molecule has 0 bridgehead atoms. The van der Waals surface area contributed by atoms with Crippen LogP contribution in [0.5, 0.6) is 0 Å². The number of rotatable bonds is 3. The van der Waals surface area contributed by atoms with Crippen molar-refractivity contribution in [3.63, 3.8) is 0 Å². The molecule has 0 aromatic heterocycles. The first-order valence-corrected chi connectivity index (χ1v) is 4.94. The van der Waals surface area contributed by atoms with E-state index in [0.717, 1.165) is 0 Å². The second-order valence-electron chi connectivity index (χ2n) is 4.44. The minimum atomic E-state index is -0.418. The molecular weight excluding hydrogens is 242 g/mol. The summed E-state index contributed by atoms with van der Waals surface area (Å²) in [5, 5.41) is 14.7. The van der Waals surface area contributed by atoms with Gasteiger partial charge >= 0.3 is 0 Å². The molecule has 0 atom stereocenters. The second kappa shape index (κ2) is 6.20. The minimum Gasteiger partial charge on any atom is -0.305 e. The number of nitrogens with one attached hydrogen (secondary N) is 1. The lowest BCUT2D eigenvalue weighted by Gasteiger charge is -2.16. The lowest BCUT2D eigenvalue weighted by Crippen LogP contribution is -2.31. The van der Waals surface area contributed by atoms with E-state index in [1.165, 1.54) is 12.3 Å². The predicted octanol–water partition coefficient (Wildman–Crippen LogP) is 2.74. The van der Waals surface area contributed by atoms with Crippen molar-refractivity contribution in [1.82, 2.24) is 5.43 Å². The summed E-state index contributed by atoms with van der Waals surface area (Å²) in [6.07, 6.45) is 1.46. The molecule has 94 valence electrons. The summed E-state index contributed by atoms with van der Waals surface area (Å²) in [5.74, 6) is 0. The van der Waals surface area contributed by atoms with Gasteiger partial charge in [-0.05, 0) is 26.8 Å². The van der Waals surface area contributed by atoms with Crippen LogP contribution >= 0.6 is 12.4 Å². The van der Waals surface area contributed by atoms with Gasteiger partial charge in [0, 0.05) is 11.6 Å². The second-order valence-corrected chi connectivity index (χ2v) is 4.44. The number of benzene rings is 1. The first-order valence-electron chi connectivity index (χ1n) is 4.94. The van der Waals surface area contributed by atoms with Crippen LogP contribution in [0.1, 0.15) is 26.3 Å². The molecule has 0 fully saturated rings. The molecule has 0 amide bonds. The highest BCUT2D eigenvalue weighted by atomic mass is 35.5. The maximum absolute atomic E-state index is 10.7. The van der Waals surface area contributed by atoms with E-state index in [9.17, 15) is 10.1 Å². The van der Waals surface area contributed by atoms with Gasteiger partial charge in [0.2, 0.25) is 0 Å². The lowest BCUT2D eigenvalue weighted by molar-refractivity contribution is -0.385. The number of para-hydroxylation sites is 1. The summed E-state index contributed by atoms with van der Waals surface area (Å²) in [7, 11) is 0. The molecule has 0 unspecified atom stereocenters. The number of nitrogens with zero attached hydrogens (tertiary/aromatic N) is 2. The Labute approximate surface area is 106 Å². The first-order chi connectivity index (χ1) is 7.40. The van der Waals surface area contributed by atoms with Crippen molar-refractivity contribution in [1.29, 1.82) is 0 Å². The van der Waals surface area contributed by atoms with Crippen LogP contribution in [-0.2, 0) is 0 Å². The van der Waals surface area contributed by atoms with Crippen LogP contribution in [0, 0.1) is 10.1 Å². The summed E-state index contributed by atoms with van der Waals surface area (Å²) in [5.41, 5.74) is 3.28. The fraction of sp³-hybridized carbons (Fsp3) is 0.364. The quantitative estimate of drug-likeness (QED) is 0.514. The van der Waals surface area contributed by atoms with Crippen molar-refractivity contribution in [2.45, 2.75) is 26.3 Å². The number of hydrazone groups is 1. The van der Waals surface area contributed by atoms with Crippen molar-refractivity contribution in [2.24, 2.45) is 5.10 Å². The van der Waals surface area contributed by atoms with Crippen molar-refractivity contribution in [3.05, 3.63) is 39.9 Å². The number of nitro benzene ring substituents is 1. The van der Waals surface area contributed by atoms with Crippen LogP contribution in [-0.4, -0.2) is 16.7 Å². The Bertz CT molecular complexity index is 413. The van der Waals surface area contributed by atoms with Crippen LogP contribution in [0.3, 0.4) is 0 Å². The topological polar surface area (TPSA) is 67.5 Å². The van der Waals surface area contributed by atoms with Gasteiger partial charge in [-0.2, -0.15) is 5.10 Å². The van der Waals surface area contributed by atoms with Crippen molar-refractivity contribution < 1.29 is 4.92 Å². The summed E-state index contributed by atoms with van der Waals surface area (Å²) >= 11 is 0. The summed E-state index contributed by atoms with van der Waals surface area (Å²) < 4.78 is 0. The molecule has 0 aliphatic carbocycles. The molecule has 0 saturated carbocycles.